The van der Waals surface area contributed by atoms with Gasteiger partial charge in [0.1, 0.15) is 22.5 Å². The molecule has 2 aliphatic heterocycles. The number of methoxy groups -OCH3 is 2. The molecule has 2 aliphatic rings. The number of nitrogens with two attached hydrogens (primary N) is 1. The highest BCUT2D eigenvalue weighted by molar-refractivity contribution is 8.17. The maximum atomic E-state index is 12.5. The van der Waals surface area contributed by atoms with Crippen molar-refractivity contribution in [1.29, 1.82) is 5.26 Å². The van der Waals surface area contributed by atoms with Gasteiger partial charge in [-0.2, -0.15) is 5.26 Å². The molecule has 0 saturated carbocycles. The number of thioether (sulfide) groups is 1. The molecule has 0 radical (unpaired) electrons. The molecule has 1 aromatic rings. The highest BCUT2D eigenvalue weighted by Crippen LogP contribution is 2.45. The van der Waals surface area contributed by atoms with Gasteiger partial charge in [-0.1, -0.05) is 12.1 Å². The summed E-state index contributed by atoms with van der Waals surface area (Å²) in [5.74, 6) is 0.482. The molecule has 7 nitrogen and oxygen atoms in total. The second-order valence-corrected chi connectivity index (χ2v) is 6.79. The summed E-state index contributed by atoms with van der Waals surface area (Å²) in [4.78, 5) is 19.0. The number of carbonyl (C=O) groups excluding carboxylic acids is 1. The van der Waals surface area contributed by atoms with Gasteiger partial charge in [0.15, 0.2) is 5.17 Å². The molecule has 0 unspecified atom stereocenters. The molecule has 0 saturated heterocycles. The van der Waals surface area contributed by atoms with E-state index in [1.165, 1.54) is 18.9 Å². The summed E-state index contributed by atoms with van der Waals surface area (Å²) in [7, 11) is 2.92. The first-order valence-electron chi connectivity index (χ1n) is 7.82. The minimum Gasteiger partial charge on any atom is -0.496 e. The van der Waals surface area contributed by atoms with Crippen LogP contribution in [0.1, 0.15) is 24.1 Å². The number of fused-ring (bicyclic) bond motifs is 1. The number of nitriles is 1. The van der Waals surface area contributed by atoms with Crippen LogP contribution in [-0.2, 0) is 9.53 Å². The minimum atomic E-state index is -0.553. The van der Waals surface area contributed by atoms with Gasteiger partial charge in [0.2, 0.25) is 0 Å². The molecule has 2 heterocycles. The Morgan fingerprint density at radius 3 is 2.73 bits per heavy atom. The van der Waals surface area contributed by atoms with E-state index in [1.807, 2.05) is 25.1 Å². The van der Waals surface area contributed by atoms with Gasteiger partial charge in [0.05, 0.1) is 31.5 Å². The zero-order chi connectivity index (χ0) is 19.0. The Balaban J connectivity index is 2.23. The Morgan fingerprint density at radius 2 is 2.12 bits per heavy atom. The molecule has 0 amide bonds. The van der Waals surface area contributed by atoms with Crippen molar-refractivity contribution in [2.75, 3.05) is 14.2 Å². The number of rotatable bonds is 3. The van der Waals surface area contributed by atoms with E-state index in [0.29, 0.717) is 27.1 Å². The van der Waals surface area contributed by atoms with E-state index in [4.69, 9.17) is 15.2 Å². The topological polar surface area (TPSA) is 101 Å². The first-order chi connectivity index (χ1) is 12.4. The summed E-state index contributed by atoms with van der Waals surface area (Å²) in [6.45, 7) is 3.68. The largest absolute Gasteiger partial charge is 0.496 e. The number of hydrogen-bond donors (Lipinski definition) is 1. The van der Waals surface area contributed by atoms with E-state index >= 15 is 0 Å². The third kappa shape index (κ3) is 2.70. The number of aliphatic imine (C=N–C) groups is 1. The fourth-order valence-electron chi connectivity index (χ4n) is 3.03. The molecule has 134 valence electrons. The van der Waals surface area contributed by atoms with Crippen molar-refractivity contribution in [3.8, 4) is 11.8 Å². The average Bonchev–Trinajstić information content (AvgIpc) is 2.95. The van der Waals surface area contributed by atoms with Gasteiger partial charge in [0.25, 0.3) is 0 Å². The average molecular weight is 370 g/mol. The van der Waals surface area contributed by atoms with Crippen molar-refractivity contribution in [3.63, 3.8) is 0 Å². The number of aryl methyl sites for hydroxylation is 1. The number of allylic oxidation sites excluding steroid dienone is 2. The second kappa shape index (κ2) is 6.77. The number of hydrogen-bond acceptors (Lipinski definition) is 8. The minimum absolute atomic E-state index is 0.273. The predicted molar refractivity (Wildman–Crippen MR) is 98.9 cm³/mol. The Hall–Kier alpha value is -2.92. The van der Waals surface area contributed by atoms with Crippen molar-refractivity contribution in [2.45, 2.75) is 19.9 Å². The van der Waals surface area contributed by atoms with Crippen molar-refractivity contribution in [1.82, 2.24) is 4.90 Å². The van der Waals surface area contributed by atoms with Crippen LogP contribution in [0.15, 0.2) is 45.2 Å². The SMILES string of the molecule is COC(=O)C1=C(C)N=C2SC(C#N)=C(N)N2[C@H]1c1ccc(C)c(OC)c1. The summed E-state index contributed by atoms with van der Waals surface area (Å²) in [6, 6.07) is 7.21. The van der Waals surface area contributed by atoms with E-state index in [-0.39, 0.29) is 5.82 Å². The van der Waals surface area contributed by atoms with Crippen LogP contribution in [0.4, 0.5) is 0 Å². The first-order valence-corrected chi connectivity index (χ1v) is 8.63. The molecule has 0 fully saturated rings. The molecule has 0 bridgehead atoms. The standard InChI is InChI=1S/C18H18N4O3S/c1-9-5-6-11(7-12(9)24-3)15-14(17(23)25-4)10(2)21-18-22(15)16(20)13(8-19)26-18/h5-7,15H,20H2,1-4H3/t15-/m0/s1. The maximum Gasteiger partial charge on any atom is 0.338 e. The van der Waals surface area contributed by atoms with E-state index in [2.05, 4.69) is 11.1 Å². The lowest BCUT2D eigenvalue weighted by Gasteiger charge is -2.34. The van der Waals surface area contributed by atoms with Gasteiger partial charge in [-0.25, -0.2) is 9.79 Å². The van der Waals surface area contributed by atoms with Gasteiger partial charge in [-0.3, -0.25) is 4.90 Å². The fraction of sp³-hybridized carbons (Fsp3) is 0.278. The molecule has 0 spiro atoms. The van der Waals surface area contributed by atoms with Crippen LogP contribution in [0.5, 0.6) is 5.75 Å². The number of nitrogens with zero attached hydrogens (tertiary/aromatic N) is 3. The Bertz CT molecular complexity index is 927. The van der Waals surface area contributed by atoms with Crippen LogP contribution in [0.2, 0.25) is 0 Å². The lowest BCUT2D eigenvalue weighted by Crippen LogP contribution is -2.38. The molecule has 1 atom stereocenters. The predicted octanol–water partition coefficient (Wildman–Crippen LogP) is 2.56. The molecule has 0 aromatic heterocycles. The lowest BCUT2D eigenvalue weighted by molar-refractivity contribution is -0.136. The summed E-state index contributed by atoms with van der Waals surface area (Å²) in [5.41, 5.74) is 8.88. The first kappa shape index (κ1) is 17.9. The van der Waals surface area contributed by atoms with Crippen molar-refractivity contribution in [2.24, 2.45) is 10.7 Å². The molecule has 0 aliphatic carbocycles. The summed E-state index contributed by atoms with van der Waals surface area (Å²) >= 11 is 1.19. The third-order valence-corrected chi connectivity index (χ3v) is 5.31. The van der Waals surface area contributed by atoms with Crippen molar-refractivity contribution >= 4 is 22.9 Å². The highest BCUT2D eigenvalue weighted by Gasteiger charge is 2.42. The van der Waals surface area contributed by atoms with Crippen LogP contribution < -0.4 is 10.5 Å². The van der Waals surface area contributed by atoms with Gasteiger partial charge in [0, 0.05) is 0 Å². The fourth-order valence-corrected chi connectivity index (χ4v) is 3.95. The molecule has 26 heavy (non-hydrogen) atoms. The second-order valence-electron chi connectivity index (χ2n) is 5.81. The van der Waals surface area contributed by atoms with Crippen molar-refractivity contribution in [3.05, 3.63) is 51.3 Å². The van der Waals surface area contributed by atoms with E-state index in [0.717, 1.165) is 11.1 Å². The van der Waals surface area contributed by atoms with Crippen LogP contribution in [0.25, 0.3) is 0 Å². The quantitative estimate of drug-likeness (QED) is 0.816. The zero-order valence-electron chi connectivity index (χ0n) is 14.9. The van der Waals surface area contributed by atoms with Gasteiger partial charge in [-0.15, -0.1) is 0 Å². The summed E-state index contributed by atoms with van der Waals surface area (Å²) in [6.07, 6.45) is 0. The summed E-state index contributed by atoms with van der Waals surface area (Å²) in [5, 5.41) is 9.89. The Kier molecular flexibility index (Phi) is 4.66. The molecular formula is C18H18N4O3S. The van der Waals surface area contributed by atoms with Crippen LogP contribution in [0, 0.1) is 18.3 Å². The molecule has 8 heteroatoms. The summed E-state index contributed by atoms with van der Waals surface area (Å²) < 4.78 is 10.4. The van der Waals surface area contributed by atoms with Crippen molar-refractivity contribution < 1.29 is 14.3 Å². The zero-order valence-corrected chi connectivity index (χ0v) is 15.7. The number of benzene rings is 1. The smallest absolute Gasteiger partial charge is 0.338 e. The monoisotopic (exact) mass is 370 g/mol. The third-order valence-electron chi connectivity index (χ3n) is 4.33. The highest BCUT2D eigenvalue weighted by atomic mass is 32.2. The molecule has 1 aromatic carbocycles. The lowest BCUT2D eigenvalue weighted by atomic mass is 9.93. The normalized spacial score (nSPS) is 19.1. The number of carbonyl (C=O) groups is 1. The number of esters is 1. The van der Waals surface area contributed by atoms with E-state index in [1.54, 1.807) is 18.9 Å². The molecular weight excluding hydrogens is 352 g/mol. The number of ether oxygens (including phenoxy) is 2. The Morgan fingerprint density at radius 1 is 1.38 bits per heavy atom. The maximum absolute atomic E-state index is 12.5. The van der Waals surface area contributed by atoms with E-state index < -0.39 is 12.0 Å². The number of amidine groups is 1. The van der Waals surface area contributed by atoms with E-state index in [9.17, 15) is 10.1 Å². The Labute approximate surface area is 155 Å². The molecule has 2 N–H and O–H groups in total. The van der Waals surface area contributed by atoms with Crippen LogP contribution in [0.3, 0.4) is 0 Å². The molecule has 3 rings (SSSR count). The van der Waals surface area contributed by atoms with Crippen LogP contribution >= 0.6 is 11.8 Å². The van der Waals surface area contributed by atoms with Gasteiger partial charge >= 0.3 is 5.97 Å². The van der Waals surface area contributed by atoms with Gasteiger partial charge < -0.3 is 15.2 Å². The van der Waals surface area contributed by atoms with Gasteiger partial charge in [-0.05, 0) is 42.8 Å². The van der Waals surface area contributed by atoms with Crippen LogP contribution in [-0.4, -0.2) is 30.3 Å².